The van der Waals surface area contributed by atoms with Gasteiger partial charge >= 0.3 is 5.97 Å². The molecule has 3 nitrogen and oxygen atoms in total. The summed E-state index contributed by atoms with van der Waals surface area (Å²) < 4.78 is 11.0. The van der Waals surface area contributed by atoms with Crippen LogP contribution in [0.1, 0.15) is 18.1 Å². The molecule has 0 heterocycles. The van der Waals surface area contributed by atoms with E-state index in [1.807, 2.05) is 19.1 Å². The van der Waals surface area contributed by atoms with Crippen LogP contribution in [-0.4, -0.2) is 19.7 Å². The second-order valence-electron chi connectivity index (χ2n) is 3.41. The summed E-state index contributed by atoms with van der Waals surface area (Å²) >= 11 is 3.41. The van der Waals surface area contributed by atoms with Crippen molar-refractivity contribution < 1.29 is 14.3 Å². The zero-order valence-corrected chi connectivity index (χ0v) is 11.3. The van der Waals surface area contributed by atoms with Crippen molar-refractivity contribution in [2.45, 2.75) is 20.3 Å². The molecule has 1 rings (SSSR count). The second kappa shape index (κ2) is 5.89. The van der Waals surface area contributed by atoms with Gasteiger partial charge in [0.1, 0.15) is 5.75 Å². The molecule has 0 unspecified atom stereocenters. The average Bonchev–Trinajstić information content (AvgIpc) is 2.17. The Morgan fingerprint density at radius 1 is 1.44 bits per heavy atom. The predicted molar refractivity (Wildman–Crippen MR) is 65.8 cm³/mol. The van der Waals surface area contributed by atoms with Gasteiger partial charge in [0.05, 0.1) is 24.6 Å². The number of halogens is 1. The van der Waals surface area contributed by atoms with Gasteiger partial charge in [0, 0.05) is 0 Å². The van der Waals surface area contributed by atoms with Gasteiger partial charge in [-0.2, -0.15) is 0 Å². The number of rotatable bonds is 4. The number of benzene rings is 1. The fourth-order valence-electron chi connectivity index (χ4n) is 1.54. The second-order valence-corrected chi connectivity index (χ2v) is 4.26. The number of hydrogen-bond donors (Lipinski definition) is 0. The SMILES string of the molecule is CCOC(=O)Cc1cc(C)c(OC)c(Br)c1. The smallest absolute Gasteiger partial charge is 0.310 e. The summed E-state index contributed by atoms with van der Waals surface area (Å²) in [6, 6.07) is 3.81. The van der Waals surface area contributed by atoms with E-state index < -0.39 is 0 Å². The minimum Gasteiger partial charge on any atom is -0.495 e. The molecule has 0 radical (unpaired) electrons. The molecule has 0 aliphatic carbocycles. The molecule has 1 aromatic carbocycles. The number of hydrogen-bond acceptors (Lipinski definition) is 3. The van der Waals surface area contributed by atoms with Crippen molar-refractivity contribution in [3.05, 3.63) is 27.7 Å². The van der Waals surface area contributed by atoms with Gasteiger partial charge in [-0.15, -0.1) is 0 Å². The molecule has 0 fully saturated rings. The Bertz CT molecular complexity index is 365. The third-order valence-electron chi connectivity index (χ3n) is 2.15. The van der Waals surface area contributed by atoms with Gasteiger partial charge in [0.25, 0.3) is 0 Å². The van der Waals surface area contributed by atoms with E-state index in [2.05, 4.69) is 15.9 Å². The fourth-order valence-corrected chi connectivity index (χ4v) is 2.31. The molecular weight excluding hydrogens is 272 g/mol. The maximum Gasteiger partial charge on any atom is 0.310 e. The standard InChI is InChI=1S/C12H15BrO3/c1-4-16-11(14)7-9-5-8(2)12(15-3)10(13)6-9/h5-6H,4,7H2,1-3H3. The van der Waals surface area contributed by atoms with E-state index in [0.717, 1.165) is 21.3 Å². The molecule has 0 amide bonds. The molecule has 0 aliphatic rings. The van der Waals surface area contributed by atoms with Gasteiger partial charge in [-0.1, -0.05) is 6.07 Å². The summed E-state index contributed by atoms with van der Waals surface area (Å²) in [5.41, 5.74) is 1.92. The van der Waals surface area contributed by atoms with E-state index in [1.165, 1.54) is 0 Å². The first-order chi connectivity index (χ1) is 7.58. The van der Waals surface area contributed by atoms with E-state index in [0.29, 0.717) is 6.61 Å². The number of carbonyl (C=O) groups excluding carboxylic acids is 1. The van der Waals surface area contributed by atoms with Gasteiger partial charge in [-0.3, -0.25) is 4.79 Å². The first kappa shape index (κ1) is 13.0. The molecule has 4 heteroatoms. The Balaban J connectivity index is 2.87. The number of aryl methyl sites for hydroxylation is 1. The zero-order chi connectivity index (χ0) is 12.1. The summed E-state index contributed by atoms with van der Waals surface area (Å²) in [6.07, 6.45) is 0.289. The molecule has 0 spiro atoms. The minimum absolute atomic E-state index is 0.209. The molecule has 1 aromatic rings. The Labute approximate surface area is 104 Å². The molecule has 0 bridgehead atoms. The molecule has 0 saturated carbocycles. The minimum atomic E-state index is -0.209. The van der Waals surface area contributed by atoms with Crippen LogP contribution in [-0.2, 0) is 16.0 Å². The summed E-state index contributed by atoms with van der Waals surface area (Å²) in [7, 11) is 1.62. The van der Waals surface area contributed by atoms with Gasteiger partial charge in [-0.25, -0.2) is 0 Å². The lowest BCUT2D eigenvalue weighted by molar-refractivity contribution is -0.142. The lowest BCUT2D eigenvalue weighted by atomic mass is 10.1. The van der Waals surface area contributed by atoms with E-state index in [1.54, 1.807) is 14.0 Å². The van der Waals surface area contributed by atoms with E-state index >= 15 is 0 Å². The van der Waals surface area contributed by atoms with Crippen molar-refractivity contribution in [1.29, 1.82) is 0 Å². The van der Waals surface area contributed by atoms with Crippen LogP contribution in [0.5, 0.6) is 5.75 Å². The largest absolute Gasteiger partial charge is 0.495 e. The van der Waals surface area contributed by atoms with Crippen molar-refractivity contribution in [1.82, 2.24) is 0 Å². The van der Waals surface area contributed by atoms with Crippen LogP contribution in [0.25, 0.3) is 0 Å². The van der Waals surface area contributed by atoms with E-state index in [-0.39, 0.29) is 12.4 Å². The maximum atomic E-state index is 11.3. The van der Waals surface area contributed by atoms with Gasteiger partial charge in [-0.05, 0) is 47.0 Å². The molecular formula is C12H15BrO3. The van der Waals surface area contributed by atoms with Crippen molar-refractivity contribution in [3.8, 4) is 5.75 Å². The lowest BCUT2D eigenvalue weighted by Gasteiger charge is -2.09. The van der Waals surface area contributed by atoms with E-state index in [4.69, 9.17) is 9.47 Å². The Morgan fingerprint density at radius 3 is 2.62 bits per heavy atom. The van der Waals surface area contributed by atoms with Crippen LogP contribution in [0.3, 0.4) is 0 Å². The summed E-state index contributed by atoms with van der Waals surface area (Å²) in [4.78, 5) is 11.3. The maximum absolute atomic E-state index is 11.3. The van der Waals surface area contributed by atoms with Crippen molar-refractivity contribution >= 4 is 21.9 Å². The average molecular weight is 287 g/mol. The highest BCUT2D eigenvalue weighted by atomic mass is 79.9. The molecule has 88 valence electrons. The predicted octanol–water partition coefficient (Wildman–Crippen LogP) is 2.87. The highest BCUT2D eigenvalue weighted by Gasteiger charge is 2.09. The lowest BCUT2D eigenvalue weighted by Crippen LogP contribution is -2.07. The molecule has 16 heavy (non-hydrogen) atoms. The van der Waals surface area contributed by atoms with Crippen LogP contribution < -0.4 is 4.74 Å². The van der Waals surface area contributed by atoms with Crippen molar-refractivity contribution in [2.24, 2.45) is 0 Å². The fraction of sp³-hybridized carbons (Fsp3) is 0.417. The normalized spacial score (nSPS) is 10.0. The topological polar surface area (TPSA) is 35.5 Å². The third kappa shape index (κ3) is 3.23. The summed E-state index contributed by atoms with van der Waals surface area (Å²) in [5, 5.41) is 0. The Kier molecular flexibility index (Phi) is 4.80. The summed E-state index contributed by atoms with van der Waals surface area (Å²) in [5.74, 6) is 0.589. The van der Waals surface area contributed by atoms with E-state index in [9.17, 15) is 4.79 Å². The number of ether oxygens (including phenoxy) is 2. The van der Waals surface area contributed by atoms with Crippen LogP contribution in [0.2, 0.25) is 0 Å². The first-order valence-electron chi connectivity index (χ1n) is 5.07. The quantitative estimate of drug-likeness (QED) is 0.799. The number of carbonyl (C=O) groups is 1. The Morgan fingerprint density at radius 2 is 2.12 bits per heavy atom. The monoisotopic (exact) mass is 286 g/mol. The third-order valence-corrected chi connectivity index (χ3v) is 2.74. The highest BCUT2D eigenvalue weighted by molar-refractivity contribution is 9.10. The zero-order valence-electron chi connectivity index (χ0n) is 9.67. The molecule has 0 N–H and O–H groups in total. The molecule has 0 saturated heterocycles. The van der Waals surface area contributed by atoms with Crippen LogP contribution in [0.15, 0.2) is 16.6 Å². The van der Waals surface area contributed by atoms with Crippen LogP contribution in [0, 0.1) is 6.92 Å². The Hall–Kier alpha value is -1.03. The highest BCUT2D eigenvalue weighted by Crippen LogP contribution is 2.30. The van der Waals surface area contributed by atoms with Crippen molar-refractivity contribution in [2.75, 3.05) is 13.7 Å². The molecule has 0 aromatic heterocycles. The van der Waals surface area contributed by atoms with Crippen LogP contribution >= 0.6 is 15.9 Å². The van der Waals surface area contributed by atoms with Crippen molar-refractivity contribution in [3.63, 3.8) is 0 Å². The summed E-state index contributed by atoms with van der Waals surface area (Å²) in [6.45, 7) is 4.15. The van der Waals surface area contributed by atoms with Gasteiger partial charge < -0.3 is 9.47 Å². The number of esters is 1. The number of methoxy groups -OCH3 is 1. The molecule has 0 atom stereocenters. The molecule has 0 aliphatic heterocycles. The van der Waals surface area contributed by atoms with Gasteiger partial charge in [0.15, 0.2) is 0 Å². The van der Waals surface area contributed by atoms with Crippen LogP contribution in [0.4, 0.5) is 0 Å². The first-order valence-corrected chi connectivity index (χ1v) is 5.86. The van der Waals surface area contributed by atoms with Gasteiger partial charge in [0.2, 0.25) is 0 Å².